The first kappa shape index (κ1) is 16.2. The molecule has 0 saturated carbocycles. The molecule has 0 radical (unpaired) electrons. The average molecular weight is 317 g/mol. The standard InChI is InChI=1S/C18H27N3O2/c1-4-20-12-9-16-15(18(20)22)5-6-17(19-16)23-14-7-10-21(11-8-14)13(2)3/h5-6,13-14H,4,7-12H2,1-3H3. The van der Waals surface area contributed by atoms with Gasteiger partial charge in [0.25, 0.3) is 5.91 Å². The van der Waals surface area contributed by atoms with Crippen molar-refractivity contribution in [1.29, 1.82) is 0 Å². The maximum Gasteiger partial charge on any atom is 0.255 e. The van der Waals surface area contributed by atoms with Gasteiger partial charge in [-0.3, -0.25) is 4.79 Å². The molecule has 0 N–H and O–H groups in total. The van der Waals surface area contributed by atoms with E-state index in [1.54, 1.807) is 0 Å². The number of piperidine rings is 1. The third-order valence-corrected chi connectivity index (χ3v) is 4.96. The maximum absolute atomic E-state index is 12.3. The first-order valence-electron chi connectivity index (χ1n) is 8.78. The minimum atomic E-state index is 0.0954. The summed E-state index contributed by atoms with van der Waals surface area (Å²) in [6.07, 6.45) is 3.14. The second-order valence-electron chi connectivity index (χ2n) is 6.73. The van der Waals surface area contributed by atoms with Gasteiger partial charge < -0.3 is 14.5 Å². The third kappa shape index (κ3) is 3.50. The molecule has 5 heteroatoms. The summed E-state index contributed by atoms with van der Waals surface area (Å²) in [5.74, 6) is 0.766. The fourth-order valence-electron chi connectivity index (χ4n) is 3.43. The van der Waals surface area contributed by atoms with Crippen LogP contribution in [0.2, 0.25) is 0 Å². The molecular formula is C18H27N3O2. The van der Waals surface area contributed by atoms with Gasteiger partial charge in [-0.2, -0.15) is 0 Å². The van der Waals surface area contributed by atoms with Crippen molar-refractivity contribution >= 4 is 5.91 Å². The van der Waals surface area contributed by atoms with Gasteiger partial charge in [0.15, 0.2) is 0 Å². The molecule has 1 aromatic heterocycles. The highest BCUT2D eigenvalue weighted by molar-refractivity contribution is 5.96. The molecule has 0 spiro atoms. The van der Waals surface area contributed by atoms with E-state index >= 15 is 0 Å². The summed E-state index contributed by atoms with van der Waals surface area (Å²) in [5.41, 5.74) is 1.62. The average Bonchev–Trinajstić information content (AvgIpc) is 2.56. The number of hydrogen-bond acceptors (Lipinski definition) is 4. The number of carbonyl (C=O) groups is 1. The Balaban J connectivity index is 1.64. The molecule has 0 atom stereocenters. The van der Waals surface area contributed by atoms with E-state index in [0.717, 1.165) is 56.7 Å². The lowest BCUT2D eigenvalue weighted by Crippen LogP contribution is -2.42. The molecule has 3 heterocycles. The van der Waals surface area contributed by atoms with Crippen molar-refractivity contribution in [2.24, 2.45) is 0 Å². The van der Waals surface area contributed by atoms with Crippen LogP contribution < -0.4 is 4.74 Å². The molecule has 3 rings (SSSR count). The van der Waals surface area contributed by atoms with Crippen molar-refractivity contribution in [3.05, 3.63) is 23.4 Å². The summed E-state index contributed by atoms with van der Waals surface area (Å²) < 4.78 is 6.08. The van der Waals surface area contributed by atoms with Crippen LogP contribution in [0.1, 0.15) is 49.7 Å². The van der Waals surface area contributed by atoms with Gasteiger partial charge in [-0.15, -0.1) is 0 Å². The van der Waals surface area contributed by atoms with Crippen LogP contribution in [0.15, 0.2) is 12.1 Å². The first-order chi connectivity index (χ1) is 11.1. The predicted molar refractivity (Wildman–Crippen MR) is 89.9 cm³/mol. The number of aromatic nitrogens is 1. The van der Waals surface area contributed by atoms with Crippen molar-refractivity contribution in [3.63, 3.8) is 0 Å². The van der Waals surface area contributed by atoms with Crippen LogP contribution in [0.25, 0.3) is 0 Å². The van der Waals surface area contributed by atoms with Gasteiger partial charge in [-0.25, -0.2) is 4.98 Å². The molecule has 0 unspecified atom stereocenters. The van der Waals surface area contributed by atoms with Gasteiger partial charge in [-0.05, 0) is 39.7 Å². The smallest absolute Gasteiger partial charge is 0.255 e. The first-order valence-corrected chi connectivity index (χ1v) is 8.78. The number of carbonyl (C=O) groups excluding carboxylic acids is 1. The second kappa shape index (κ2) is 6.87. The van der Waals surface area contributed by atoms with Crippen LogP contribution in [0.5, 0.6) is 5.88 Å². The van der Waals surface area contributed by atoms with Gasteiger partial charge in [0, 0.05) is 44.7 Å². The summed E-state index contributed by atoms with van der Waals surface area (Å²) in [7, 11) is 0. The van der Waals surface area contributed by atoms with E-state index in [9.17, 15) is 4.79 Å². The molecule has 5 nitrogen and oxygen atoms in total. The molecular weight excluding hydrogens is 290 g/mol. The zero-order valence-corrected chi connectivity index (χ0v) is 14.4. The lowest BCUT2D eigenvalue weighted by Gasteiger charge is -2.34. The summed E-state index contributed by atoms with van der Waals surface area (Å²) >= 11 is 0. The van der Waals surface area contributed by atoms with Crippen molar-refractivity contribution < 1.29 is 9.53 Å². The van der Waals surface area contributed by atoms with Gasteiger partial charge >= 0.3 is 0 Å². The Kier molecular flexibility index (Phi) is 4.85. The normalized spacial score (nSPS) is 20.0. The SMILES string of the molecule is CCN1CCc2nc(OC3CCN(C(C)C)CC3)ccc2C1=O. The fraction of sp³-hybridized carbons (Fsp3) is 0.667. The lowest BCUT2D eigenvalue weighted by molar-refractivity contribution is 0.0741. The minimum absolute atomic E-state index is 0.0954. The zero-order chi connectivity index (χ0) is 16.4. The predicted octanol–water partition coefficient (Wildman–Crippen LogP) is 2.35. The topological polar surface area (TPSA) is 45.7 Å². The Morgan fingerprint density at radius 2 is 2.00 bits per heavy atom. The number of pyridine rings is 1. The number of likely N-dealkylation sites (N-methyl/N-ethyl adjacent to an activating group) is 1. The second-order valence-corrected chi connectivity index (χ2v) is 6.73. The Hall–Kier alpha value is -1.62. The minimum Gasteiger partial charge on any atom is -0.474 e. The van der Waals surface area contributed by atoms with Crippen molar-refractivity contribution in [2.75, 3.05) is 26.2 Å². The van der Waals surface area contributed by atoms with E-state index in [2.05, 4.69) is 23.7 Å². The monoisotopic (exact) mass is 317 g/mol. The van der Waals surface area contributed by atoms with Crippen LogP contribution in [0, 0.1) is 0 Å². The number of hydrogen-bond donors (Lipinski definition) is 0. The number of nitrogens with zero attached hydrogens (tertiary/aromatic N) is 3. The molecule has 1 fully saturated rings. The van der Waals surface area contributed by atoms with E-state index in [1.165, 1.54) is 0 Å². The Morgan fingerprint density at radius 1 is 1.26 bits per heavy atom. The summed E-state index contributed by atoms with van der Waals surface area (Å²) in [6.45, 7) is 10.2. The Bertz CT molecular complexity index is 565. The molecule has 2 aliphatic heterocycles. The largest absolute Gasteiger partial charge is 0.474 e. The van der Waals surface area contributed by atoms with Crippen LogP contribution in [-0.2, 0) is 6.42 Å². The molecule has 0 aliphatic carbocycles. The number of amides is 1. The highest BCUT2D eigenvalue weighted by atomic mass is 16.5. The van der Waals surface area contributed by atoms with E-state index in [4.69, 9.17) is 4.74 Å². The van der Waals surface area contributed by atoms with Crippen LogP contribution in [0.4, 0.5) is 0 Å². The van der Waals surface area contributed by atoms with Crippen molar-refractivity contribution in [3.8, 4) is 5.88 Å². The van der Waals surface area contributed by atoms with Crippen molar-refractivity contribution in [1.82, 2.24) is 14.8 Å². The fourth-order valence-corrected chi connectivity index (χ4v) is 3.43. The number of fused-ring (bicyclic) bond motifs is 1. The molecule has 23 heavy (non-hydrogen) atoms. The highest BCUT2D eigenvalue weighted by Gasteiger charge is 2.26. The van der Waals surface area contributed by atoms with Crippen LogP contribution >= 0.6 is 0 Å². The van der Waals surface area contributed by atoms with Gasteiger partial charge in [0.2, 0.25) is 5.88 Å². The Labute approximate surface area is 138 Å². The van der Waals surface area contributed by atoms with Gasteiger partial charge in [0.1, 0.15) is 6.10 Å². The number of likely N-dealkylation sites (tertiary alicyclic amines) is 1. The van der Waals surface area contributed by atoms with Gasteiger partial charge in [-0.1, -0.05) is 0 Å². The van der Waals surface area contributed by atoms with E-state index in [1.807, 2.05) is 24.0 Å². The molecule has 1 aromatic rings. The quantitative estimate of drug-likeness (QED) is 0.855. The van der Waals surface area contributed by atoms with Crippen LogP contribution in [0.3, 0.4) is 0 Å². The van der Waals surface area contributed by atoms with Crippen molar-refractivity contribution in [2.45, 2.75) is 52.2 Å². The summed E-state index contributed by atoms with van der Waals surface area (Å²) in [5, 5.41) is 0. The number of ether oxygens (including phenoxy) is 1. The van der Waals surface area contributed by atoms with Crippen LogP contribution in [-0.4, -0.2) is 59.0 Å². The molecule has 1 saturated heterocycles. The summed E-state index contributed by atoms with van der Waals surface area (Å²) in [6, 6.07) is 4.33. The zero-order valence-electron chi connectivity index (χ0n) is 14.4. The Morgan fingerprint density at radius 3 is 2.65 bits per heavy atom. The number of rotatable bonds is 4. The molecule has 1 amide bonds. The van der Waals surface area contributed by atoms with E-state index < -0.39 is 0 Å². The highest BCUT2D eigenvalue weighted by Crippen LogP contribution is 2.23. The molecule has 0 bridgehead atoms. The summed E-state index contributed by atoms with van der Waals surface area (Å²) in [4.78, 5) is 21.2. The molecule has 2 aliphatic rings. The lowest BCUT2D eigenvalue weighted by atomic mass is 10.0. The maximum atomic E-state index is 12.3. The van der Waals surface area contributed by atoms with E-state index in [-0.39, 0.29) is 12.0 Å². The van der Waals surface area contributed by atoms with Gasteiger partial charge in [0.05, 0.1) is 11.3 Å². The van der Waals surface area contributed by atoms with E-state index in [0.29, 0.717) is 11.9 Å². The molecule has 0 aromatic carbocycles. The third-order valence-electron chi connectivity index (χ3n) is 4.96. The molecule has 126 valence electrons.